The zero-order valence-electron chi connectivity index (χ0n) is 12.5. The zero-order valence-corrected chi connectivity index (χ0v) is 14.9. The Kier molecular flexibility index (Phi) is 6.48. The lowest BCUT2D eigenvalue weighted by Gasteiger charge is -2.19. The highest BCUT2D eigenvalue weighted by atomic mass is 35.5. The molecule has 0 radical (unpaired) electrons. The molecule has 2 aromatic rings. The summed E-state index contributed by atoms with van der Waals surface area (Å²) in [5, 5.41) is 12.8. The minimum atomic E-state index is -0.696. The van der Waals surface area contributed by atoms with Crippen molar-refractivity contribution in [3.05, 3.63) is 46.3 Å². The van der Waals surface area contributed by atoms with Crippen LogP contribution in [0.15, 0.2) is 36.4 Å². The maximum absolute atomic E-state index is 11.6. The average Bonchev–Trinajstić information content (AvgIpc) is 3.16. The van der Waals surface area contributed by atoms with Gasteiger partial charge < -0.3 is 10.4 Å². The van der Waals surface area contributed by atoms with E-state index in [1.807, 2.05) is 30.3 Å². The summed E-state index contributed by atoms with van der Waals surface area (Å²) < 4.78 is 0.765. The Morgan fingerprint density at radius 1 is 1.39 bits per heavy atom. The highest BCUT2D eigenvalue weighted by Crippen LogP contribution is 2.32. The van der Waals surface area contributed by atoms with Gasteiger partial charge in [0.1, 0.15) is 0 Å². The maximum Gasteiger partial charge on any atom is 0.307 e. The molecule has 1 aromatic carbocycles. The first-order valence-electron chi connectivity index (χ1n) is 7.41. The van der Waals surface area contributed by atoms with Gasteiger partial charge in [0, 0.05) is 4.88 Å². The number of aliphatic carboxylic acids is 1. The molecule has 1 fully saturated rings. The zero-order chi connectivity index (χ0) is 15.5. The summed E-state index contributed by atoms with van der Waals surface area (Å²) in [4.78, 5) is 12.7. The fourth-order valence-corrected chi connectivity index (χ4v) is 4.09. The first kappa shape index (κ1) is 18.3. The summed E-state index contributed by atoms with van der Waals surface area (Å²) in [5.74, 6) is -0.798. The van der Waals surface area contributed by atoms with E-state index < -0.39 is 5.97 Å². The number of hydrogen-bond acceptors (Lipinski definition) is 3. The maximum atomic E-state index is 11.6. The fraction of sp³-hybridized carbons (Fsp3) is 0.353. The van der Waals surface area contributed by atoms with E-state index in [0.29, 0.717) is 6.42 Å². The average molecular weight is 372 g/mol. The second-order valence-corrected chi connectivity index (χ2v) is 7.42. The van der Waals surface area contributed by atoms with Gasteiger partial charge in [0.2, 0.25) is 0 Å². The molecule has 3 rings (SSSR count). The number of nitrogens with one attached hydrogen (secondary N) is 1. The Balaban J connectivity index is 0.00000192. The fourth-order valence-electron chi connectivity index (χ4n) is 3.05. The van der Waals surface area contributed by atoms with Crippen molar-refractivity contribution in [1.82, 2.24) is 5.32 Å². The van der Waals surface area contributed by atoms with Gasteiger partial charge in [-0.2, -0.15) is 0 Å². The van der Waals surface area contributed by atoms with Crippen LogP contribution >= 0.6 is 35.3 Å². The number of carbonyl (C=O) groups is 1. The van der Waals surface area contributed by atoms with Crippen LogP contribution in [-0.4, -0.2) is 24.2 Å². The van der Waals surface area contributed by atoms with Crippen LogP contribution in [0.1, 0.15) is 12.0 Å². The molecule has 0 amide bonds. The van der Waals surface area contributed by atoms with Gasteiger partial charge in [-0.05, 0) is 55.1 Å². The second-order valence-electron chi connectivity index (χ2n) is 5.71. The molecule has 1 saturated heterocycles. The van der Waals surface area contributed by atoms with Crippen LogP contribution in [0.3, 0.4) is 0 Å². The van der Waals surface area contributed by atoms with E-state index in [1.54, 1.807) is 0 Å². The van der Waals surface area contributed by atoms with Crippen LogP contribution in [0, 0.1) is 11.8 Å². The van der Waals surface area contributed by atoms with Gasteiger partial charge in [0.25, 0.3) is 0 Å². The molecule has 3 nitrogen and oxygen atoms in total. The molecule has 1 aliphatic heterocycles. The first-order chi connectivity index (χ1) is 10.6. The molecule has 23 heavy (non-hydrogen) atoms. The lowest BCUT2D eigenvalue weighted by atomic mass is 9.86. The van der Waals surface area contributed by atoms with Gasteiger partial charge >= 0.3 is 5.97 Å². The third-order valence-corrected chi connectivity index (χ3v) is 5.51. The summed E-state index contributed by atoms with van der Waals surface area (Å²) >= 11 is 7.54. The highest BCUT2D eigenvalue weighted by molar-refractivity contribution is 7.19. The molecule has 0 aliphatic carbocycles. The summed E-state index contributed by atoms with van der Waals surface area (Å²) in [7, 11) is 0. The Bertz CT molecular complexity index is 668. The van der Waals surface area contributed by atoms with Crippen molar-refractivity contribution >= 4 is 41.3 Å². The quantitative estimate of drug-likeness (QED) is 0.821. The summed E-state index contributed by atoms with van der Waals surface area (Å²) in [6, 6.07) is 12.0. The molecule has 1 aromatic heterocycles. The largest absolute Gasteiger partial charge is 0.481 e. The molecule has 1 aliphatic rings. The molecule has 6 heteroatoms. The Morgan fingerprint density at radius 3 is 2.83 bits per heavy atom. The lowest BCUT2D eigenvalue weighted by molar-refractivity contribution is -0.143. The summed E-state index contributed by atoms with van der Waals surface area (Å²) in [6.07, 6.45) is 1.52. The molecule has 0 bridgehead atoms. The van der Waals surface area contributed by atoms with E-state index >= 15 is 0 Å². The molecule has 0 spiro atoms. The number of carboxylic acid groups (broad SMARTS) is 1. The first-order valence-corrected chi connectivity index (χ1v) is 8.61. The van der Waals surface area contributed by atoms with Crippen molar-refractivity contribution in [2.75, 3.05) is 13.1 Å². The Morgan fingerprint density at radius 2 is 2.22 bits per heavy atom. The van der Waals surface area contributed by atoms with Crippen molar-refractivity contribution in [2.24, 2.45) is 11.8 Å². The van der Waals surface area contributed by atoms with Crippen LogP contribution in [0.5, 0.6) is 0 Å². The van der Waals surface area contributed by atoms with Crippen LogP contribution < -0.4 is 5.32 Å². The third kappa shape index (κ3) is 4.48. The number of hydrogen-bond donors (Lipinski definition) is 2. The number of carboxylic acids is 1. The Labute approximate surface area is 151 Å². The van der Waals surface area contributed by atoms with Gasteiger partial charge in [0.15, 0.2) is 0 Å². The third-order valence-electron chi connectivity index (χ3n) is 4.22. The normalized spacial score (nSPS) is 18.4. The minimum absolute atomic E-state index is 0. The van der Waals surface area contributed by atoms with Gasteiger partial charge in [-0.15, -0.1) is 23.7 Å². The molecule has 0 unspecified atom stereocenters. The van der Waals surface area contributed by atoms with E-state index in [1.165, 1.54) is 11.3 Å². The molecule has 2 N–H and O–H groups in total. The molecule has 124 valence electrons. The van der Waals surface area contributed by atoms with Crippen LogP contribution in [0.2, 0.25) is 4.34 Å². The second kappa shape index (κ2) is 8.15. The lowest BCUT2D eigenvalue weighted by Crippen LogP contribution is -2.27. The summed E-state index contributed by atoms with van der Waals surface area (Å²) in [5.41, 5.74) is 2.17. The molecule has 2 atom stereocenters. The van der Waals surface area contributed by atoms with Crippen molar-refractivity contribution in [1.29, 1.82) is 0 Å². The van der Waals surface area contributed by atoms with E-state index in [4.69, 9.17) is 11.6 Å². The minimum Gasteiger partial charge on any atom is -0.481 e. The number of halogens is 2. The standard InChI is InChI=1S/C17H18ClNO2S.ClH/c18-16-5-4-15(22-16)12-3-1-2-11(8-12)9-14(17(20)21)13-6-7-19-10-13;/h1-5,8,13-14,19H,6-7,9-10H2,(H,20,21);1H/t13-,14-;/m0./s1. The SMILES string of the molecule is Cl.O=C(O)[C@@H](Cc1cccc(-c2ccc(Cl)s2)c1)[C@H]1CCNC1. The number of rotatable bonds is 5. The topological polar surface area (TPSA) is 49.3 Å². The predicted octanol–water partition coefficient (Wildman–Crippen LogP) is 4.34. The number of thiophene rings is 1. The molecule has 2 heterocycles. The van der Waals surface area contributed by atoms with Gasteiger partial charge in [0.05, 0.1) is 10.3 Å². The monoisotopic (exact) mass is 371 g/mol. The van der Waals surface area contributed by atoms with Crippen molar-refractivity contribution in [3.8, 4) is 10.4 Å². The predicted molar refractivity (Wildman–Crippen MR) is 97.8 cm³/mol. The van der Waals surface area contributed by atoms with E-state index in [9.17, 15) is 9.90 Å². The van der Waals surface area contributed by atoms with Gasteiger partial charge in [-0.1, -0.05) is 35.9 Å². The Hall–Kier alpha value is -1.07. The van der Waals surface area contributed by atoms with Crippen molar-refractivity contribution < 1.29 is 9.90 Å². The van der Waals surface area contributed by atoms with Crippen LogP contribution in [0.25, 0.3) is 10.4 Å². The van der Waals surface area contributed by atoms with E-state index in [-0.39, 0.29) is 24.2 Å². The molecule has 0 saturated carbocycles. The van der Waals surface area contributed by atoms with Gasteiger partial charge in [-0.25, -0.2) is 0 Å². The van der Waals surface area contributed by atoms with Crippen LogP contribution in [0.4, 0.5) is 0 Å². The van der Waals surface area contributed by atoms with Crippen LogP contribution in [-0.2, 0) is 11.2 Å². The molecular formula is C17H19Cl2NO2S. The summed E-state index contributed by atoms with van der Waals surface area (Å²) in [6.45, 7) is 1.72. The van der Waals surface area contributed by atoms with Gasteiger partial charge in [-0.3, -0.25) is 4.79 Å². The highest BCUT2D eigenvalue weighted by Gasteiger charge is 2.30. The smallest absolute Gasteiger partial charge is 0.307 e. The number of benzene rings is 1. The van der Waals surface area contributed by atoms with E-state index in [2.05, 4.69) is 11.4 Å². The van der Waals surface area contributed by atoms with Crippen molar-refractivity contribution in [2.45, 2.75) is 12.8 Å². The molecular weight excluding hydrogens is 353 g/mol. The van der Waals surface area contributed by atoms with E-state index in [0.717, 1.165) is 39.9 Å². The van der Waals surface area contributed by atoms with Crippen molar-refractivity contribution in [3.63, 3.8) is 0 Å².